The highest BCUT2D eigenvalue weighted by Crippen LogP contribution is 2.39. The summed E-state index contributed by atoms with van der Waals surface area (Å²) in [5.41, 5.74) is -2.29. The van der Waals surface area contributed by atoms with Crippen LogP contribution < -0.4 is 10.1 Å². The van der Waals surface area contributed by atoms with Crippen LogP contribution in [0.1, 0.15) is 5.56 Å². The quantitative estimate of drug-likeness (QED) is 0.524. The Labute approximate surface area is 170 Å². The van der Waals surface area contributed by atoms with Crippen LogP contribution in [0.5, 0.6) is 11.5 Å². The first kappa shape index (κ1) is 22.2. The molecule has 1 heterocycles. The Hall–Kier alpha value is -3.54. The summed E-state index contributed by atoms with van der Waals surface area (Å²) in [6.45, 7) is -0.798. The standard InChI is InChI=1S/C19H12F6N2O4/c20-10-2-1-3-13(26-14-8-15(29)27(4-5-28)18(14)30)17(10)31-16-11(21)6-9(7-12(16)22)19(23,24)25/h1-3,6-8,26,28H,4-5H2. The Bertz CT molecular complexity index is 1060. The van der Waals surface area contributed by atoms with Gasteiger partial charge in [-0.25, -0.2) is 13.2 Å². The number of hydrogen-bond acceptors (Lipinski definition) is 5. The van der Waals surface area contributed by atoms with E-state index < -0.39 is 59.1 Å². The van der Waals surface area contributed by atoms with Crippen molar-refractivity contribution in [3.8, 4) is 11.5 Å². The van der Waals surface area contributed by atoms with Crippen molar-refractivity contribution in [1.82, 2.24) is 4.90 Å². The zero-order valence-electron chi connectivity index (χ0n) is 15.3. The molecular formula is C19H12F6N2O4. The minimum absolute atomic E-state index is 0.0131. The summed E-state index contributed by atoms with van der Waals surface area (Å²) in [5, 5.41) is 11.3. The van der Waals surface area contributed by atoms with Crippen LogP contribution in [0.4, 0.5) is 32.0 Å². The highest BCUT2D eigenvalue weighted by Gasteiger charge is 2.34. The van der Waals surface area contributed by atoms with Crippen molar-refractivity contribution >= 4 is 17.5 Å². The van der Waals surface area contributed by atoms with Gasteiger partial charge in [-0.15, -0.1) is 0 Å². The summed E-state index contributed by atoms with van der Waals surface area (Å²) >= 11 is 0. The fraction of sp³-hybridized carbons (Fsp3) is 0.158. The van der Waals surface area contributed by atoms with Gasteiger partial charge in [-0.2, -0.15) is 13.2 Å². The molecule has 2 amide bonds. The second-order valence-corrected chi connectivity index (χ2v) is 6.19. The predicted molar refractivity (Wildman–Crippen MR) is 93.3 cm³/mol. The fourth-order valence-corrected chi connectivity index (χ4v) is 2.69. The van der Waals surface area contributed by atoms with Crippen LogP contribution in [0.3, 0.4) is 0 Å². The topological polar surface area (TPSA) is 78.9 Å². The highest BCUT2D eigenvalue weighted by molar-refractivity contribution is 6.17. The Morgan fingerprint density at radius 1 is 1.00 bits per heavy atom. The zero-order chi connectivity index (χ0) is 22.9. The number of benzene rings is 2. The molecule has 0 bridgehead atoms. The molecule has 2 N–H and O–H groups in total. The number of nitrogens with zero attached hydrogens (tertiary/aromatic N) is 1. The third kappa shape index (κ3) is 4.48. The number of carbonyl (C=O) groups is 2. The van der Waals surface area contributed by atoms with Crippen LogP contribution in [-0.4, -0.2) is 35.0 Å². The van der Waals surface area contributed by atoms with E-state index in [-0.39, 0.29) is 30.1 Å². The van der Waals surface area contributed by atoms with Gasteiger partial charge in [0.15, 0.2) is 29.0 Å². The van der Waals surface area contributed by atoms with Crippen LogP contribution >= 0.6 is 0 Å². The number of aliphatic hydroxyl groups excluding tert-OH is 1. The molecule has 0 atom stereocenters. The molecular weight excluding hydrogens is 434 g/mol. The van der Waals surface area contributed by atoms with E-state index in [4.69, 9.17) is 9.84 Å². The van der Waals surface area contributed by atoms with Crippen molar-refractivity contribution in [3.05, 3.63) is 65.1 Å². The lowest BCUT2D eigenvalue weighted by molar-refractivity contribution is -0.138. The molecule has 12 heteroatoms. The van der Waals surface area contributed by atoms with Crippen molar-refractivity contribution in [1.29, 1.82) is 0 Å². The lowest BCUT2D eigenvalue weighted by Crippen LogP contribution is -2.34. The first-order chi connectivity index (χ1) is 14.5. The van der Waals surface area contributed by atoms with Gasteiger partial charge in [-0.05, 0) is 24.3 Å². The van der Waals surface area contributed by atoms with Crippen LogP contribution in [0.2, 0.25) is 0 Å². The number of anilines is 1. The number of imide groups is 1. The van der Waals surface area contributed by atoms with Crippen molar-refractivity contribution in [2.75, 3.05) is 18.5 Å². The number of β-amino-alcohol motifs (C(OH)–C–C–N with tert-alkyl or cyclic N) is 1. The van der Waals surface area contributed by atoms with E-state index in [1.165, 1.54) is 0 Å². The van der Waals surface area contributed by atoms with Crippen molar-refractivity contribution in [2.24, 2.45) is 0 Å². The smallest absolute Gasteiger partial charge is 0.416 e. The maximum atomic E-state index is 14.3. The van der Waals surface area contributed by atoms with E-state index in [1.54, 1.807) is 0 Å². The average Bonchev–Trinajstić information content (AvgIpc) is 2.93. The zero-order valence-corrected chi connectivity index (χ0v) is 15.3. The van der Waals surface area contributed by atoms with Gasteiger partial charge >= 0.3 is 6.18 Å². The van der Waals surface area contributed by atoms with Crippen LogP contribution in [0.25, 0.3) is 0 Å². The molecule has 0 unspecified atom stereocenters. The second-order valence-electron chi connectivity index (χ2n) is 6.19. The van der Waals surface area contributed by atoms with Crippen molar-refractivity contribution in [2.45, 2.75) is 6.18 Å². The molecule has 0 spiro atoms. The minimum atomic E-state index is -5.02. The lowest BCUT2D eigenvalue weighted by atomic mass is 10.2. The molecule has 1 aliphatic rings. The molecule has 0 fully saturated rings. The first-order valence-electron chi connectivity index (χ1n) is 8.51. The van der Waals surface area contributed by atoms with E-state index in [1.807, 2.05) is 0 Å². The Morgan fingerprint density at radius 3 is 2.23 bits per heavy atom. The van der Waals surface area contributed by atoms with Gasteiger partial charge in [0.05, 0.1) is 24.4 Å². The molecule has 0 aromatic heterocycles. The van der Waals surface area contributed by atoms with E-state index in [9.17, 15) is 35.9 Å². The molecule has 31 heavy (non-hydrogen) atoms. The monoisotopic (exact) mass is 446 g/mol. The number of alkyl halides is 3. The number of nitrogens with one attached hydrogen (secondary N) is 1. The number of aliphatic hydroxyl groups is 1. The van der Waals surface area contributed by atoms with Gasteiger partial charge in [0.2, 0.25) is 0 Å². The summed E-state index contributed by atoms with van der Waals surface area (Å²) in [4.78, 5) is 24.7. The van der Waals surface area contributed by atoms with Crippen molar-refractivity contribution < 1.29 is 45.8 Å². The normalized spacial score (nSPS) is 14.2. The van der Waals surface area contributed by atoms with E-state index >= 15 is 0 Å². The number of para-hydroxylation sites is 1. The van der Waals surface area contributed by atoms with Gasteiger partial charge in [0.1, 0.15) is 5.70 Å². The van der Waals surface area contributed by atoms with Gasteiger partial charge < -0.3 is 15.2 Å². The second kappa shape index (κ2) is 8.30. The molecule has 0 saturated carbocycles. The predicted octanol–water partition coefficient (Wildman–Crippen LogP) is 3.57. The molecule has 2 aromatic rings. The number of ether oxygens (including phenoxy) is 1. The Balaban J connectivity index is 1.94. The van der Waals surface area contributed by atoms with Crippen molar-refractivity contribution in [3.63, 3.8) is 0 Å². The molecule has 164 valence electrons. The highest BCUT2D eigenvalue weighted by atomic mass is 19.4. The average molecular weight is 446 g/mol. The van der Waals surface area contributed by atoms with Gasteiger partial charge in [0, 0.05) is 6.08 Å². The summed E-state index contributed by atoms with van der Waals surface area (Å²) < 4.78 is 85.4. The van der Waals surface area contributed by atoms with E-state index in [0.29, 0.717) is 4.90 Å². The summed E-state index contributed by atoms with van der Waals surface area (Å²) in [6.07, 6.45) is -4.17. The maximum Gasteiger partial charge on any atom is 0.416 e. The lowest BCUT2D eigenvalue weighted by Gasteiger charge is -2.17. The third-order valence-electron chi connectivity index (χ3n) is 4.10. The molecule has 1 aliphatic heterocycles. The summed E-state index contributed by atoms with van der Waals surface area (Å²) in [6, 6.07) is 3.11. The number of carbonyl (C=O) groups excluding carboxylic acids is 2. The molecule has 0 aliphatic carbocycles. The van der Waals surface area contributed by atoms with E-state index in [0.717, 1.165) is 24.3 Å². The maximum absolute atomic E-state index is 14.3. The fourth-order valence-electron chi connectivity index (χ4n) is 2.69. The van der Waals surface area contributed by atoms with Crippen LogP contribution in [-0.2, 0) is 15.8 Å². The third-order valence-corrected chi connectivity index (χ3v) is 4.10. The Kier molecular flexibility index (Phi) is 5.93. The van der Waals surface area contributed by atoms with Crippen LogP contribution in [0.15, 0.2) is 42.1 Å². The summed E-state index contributed by atoms with van der Waals surface area (Å²) in [7, 11) is 0. The Morgan fingerprint density at radius 2 is 1.65 bits per heavy atom. The number of amides is 2. The van der Waals surface area contributed by atoms with Gasteiger partial charge in [-0.3, -0.25) is 14.5 Å². The minimum Gasteiger partial charge on any atom is -0.446 e. The SMILES string of the molecule is O=C1C=C(Nc2cccc(F)c2Oc2c(F)cc(C(F)(F)F)cc2F)C(=O)N1CCO. The number of halogens is 6. The first-order valence-corrected chi connectivity index (χ1v) is 8.51. The molecule has 0 radical (unpaired) electrons. The van der Waals surface area contributed by atoms with Crippen LogP contribution in [0, 0.1) is 17.5 Å². The van der Waals surface area contributed by atoms with E-state index in [2.05, 4.69) is 5.32 Å². The van der Waals surface area contributed by atoms with Gasteiger partial charge in [0.25, 0.3) is 11.8 Å². The number of hydrogen-bond donors (Lipinski definition) is 2. The number of rotatable bonds is 6. The molecule has 0 saturated heterocycles. The molecule has 3 rings (SSSR count). The molecule has 2 aromatic carbocycles. The molecule has 6 nitrogen and oxygen atoms in total. The summed E-state index contributed by atoms with van der Waals surface area (Å²) in [5.74, 6) is -8.38. The van der Waals surface area contributed by atoms with Gasteiger partial charge in [-0.1, -0.05) is 6.07 Å². The largest absolute Gasteiger partial charge is 0.446 e.